The summed E-state index contributed by atoms with van der Waals surface area (Å²) in [5.41, 5.74) is 0.166. The molecule has 1 aromatic carbocycles. The third kappa shape index (κ3) is 6.86. The van der Waals surface area contributed by atoms with Crippen LogP contribution in [0.2, 0.25) is 0 Å². The van der Waals surface area contributed by atoms with Gasteiger partial charge in [0.15, 0.2) is 9.84 Å². The van der Waals surface area contributed by atoms with E-state index in [0.717, 1.165) is 37.3 Å². The molecule has 31 heavy (non-hydrogen) atoms. The van der Waals surface area contributed by atoms with Gasteiger partial charge in [-0.2, -0.15) is 4.98 Å². The second-order valence-electron chi connectivity index (χ2n) is 7.54. The number of hydrogen-bond donors (Lipinski definition) is 1. The van der Waals surface area contributed by atoms with E-state index in [4.69, 9.17) is 9.47 Å². The van der Waals surface area contributed by atoms with Crippen molar-refractivity contribution in [2.24, 2.45) is 0 Å². The van der Waals surface area contributed by atoms with E-state index in [-0.39, 0.29) is 24.0 Å². The van der Waals surface area contributed by atoms with Crippen LogP contribution in [0.25, 0.3) is 0 Å². The Morgan fingerprint density at radius 2 is 1.97 bits per heavy atom. The van der Waals surface area contributed by atoms with Crippen molar-refractivity contribution in [2.45, 2.75) is 37.6 Å². The average Bonchev–Trinajstić information content (AvgIpc) is 3.27. The van der Waals surface area contributed by atoms with E-state index >= 15 is 0 Å². The number of ether oxygens (including phenoxy) is 2. The molecule has 0 spiro atoms. The van der Waals surface area contributed by atoms with Crippen LogP contribution in [0.4, 0.5) is 0 Å². The molecule has 1 saturated carbocycles. The summed E-state index contributed by atoms with van der Waals surface area (Å²) in [5.74, 6) is 1.17. The maximum Gasteiger partial charge on any atom is 0.258 e. The third-order valence-electron chi connectivity index (χ3n) is 4.92. The van der Waals surface area contributed by atoms with Crippen LogP contribution >= 0.6 is 0 Å². The van der Waals surface area contributed by atoms with Crippen LogP contribution in [0.3, 0.4) is 0 Å². The molecule has 1 aliphatic rings. The number of hydrogen-bond acceptors (Lipinski definition) is 7. The Labute approximate surface area is 182 Å². The molecule has 1 amide bonds. The minimum atomic E-state index is -3.34. The molecule has 1 heterocycles. The maximum absolute atomic E-state index is 13.0. The zero-order chi connectivity index (χ0) is 22.3. The van der Waals surface area contributed by atoms with Crippen LogP contribution < -0.4 is 10.1 Å². The molecule has 1 N–H and O–H groups in total. The lowest BCUT2D eigenvalue weighted by molar-refractivity contribution is 0.0912. The molecule has 0 saturated heterocycles. The van der Waals surface area contributed by atoms with Gasteiger partial charge in [-0.1, -0.05) is 31.0 Å². The predicted octanol–water partition coefficient (Wildman–Crippen LogP) is 3.23. The fourth-order valence-electron chi connectivity index (χ4n) is 3.40. The number of benzene rings is 1. The Morgan fingerprint density at radius 1 is 1.26 bits per heavy atom. The minimum absolute atomic E-state index is 0.105. The summed E-state index contributed by atoms with van der Waals surface area (Å²) in [7, 11) is -1.87. The highest BCUT2D eigenvalue weighted by atomic mass is 32.2. The van der Waals surface area contributed by atoms with Crippen LogP contribution in [0.1, 0.15) is 47.8 Å². The van der Waals surface area contributed by atoms with Gasteiger partial charge in [0.05, 0.1) is 12.6 Å². The van der Waals surface area contributed by atoms with Gasteiger partial charge >= 0.3 is 0 Å². The molecule has 1 aromatic heterocycles. The molecule has 9 heteroatoms. The van der Waals surface area contributed by atoms with Crippen LogP contribution in [-0.4, -0.2) is 50.3 Å². The number of sulfone groups is 1. The lowest BCUT2D eigenvalue weighted by atomic mass is 10.1. The van der Waals surface area contributed by atoms with E-state index in [1.807, 2.05) is 18.2 Å². The summed E-state index contributed by atoms with van der Waals surface area (Å²) in [4.78, 5) is 22.0. The summed E-state index contributed by atoms with van der Waals surface area (Å²) in [6.45, 7) is 0.105. The highest BCUT2D eigenvalue weighted by molar-refractivity contribution is 7.93. The zero-order valence-corrected chi connectivity index (χ0v) is 18.5. The largest absolute Gasteiger partial charge is 0.438 e. The Hall–Kier alpha value is -2.78. The lowest BCUT2D eigenvalue weighted by Gasteiger charge is -2.17. The summed E-state index contributed by atoms with van der Waals surface area (Å²) in [5, 5.41) is 3.79. The van der Waals surface area contributed by atoms with Gasteiger partial charge in [-0.05, 0) is 31.1 Å². The number of carbonyl (C=O) groups is 1. The first-order chi connectivity index (χ1) is 14.9. The molecule has 0 unspecified atom stereocenters. The van der Waals surface area contributed by atoms with E-state index in [9.17, 15) is 13.2 Å². The molecule has 0 bridgehead atoms. The number of nitrogens with zero attached hydrogens (tertiary/aromatic N) is 2. The van der Waals surface area contributed by atoms with Gasteiger partial charge in [0.2, 0.25) is 5.88 Å². The van der Waals surface area contributed by atoms with Gasteiger partial charge in [0, 0.05) is 30.9 Å². The average molecular weight is 446 g/mol. The summed E-state index contributed by atoms with van der Waals surface area (Å²) in [6, 6.07) is 8.44. The number of nitrogens with one attached hydrogen (secondary N) is 1. The topological polar surface area (TPSA) is 107 Å². The summed E-state index contributed by atoms with van der Waals surface area (Å²) in [6.07, 6.45) is 8.23. The van der Waals surface area contributed by atoms with Crippen molar-refractivity contribution in [3.05, 3.63) is 59.4 Å². The second kappa shape index (κ2) is 10.5. The predicted molar refractivity (Wildman–Crippen MR) is 117 cm³/mol. The van der Waals surface area contributed by atoms with Crippen LogP contribution in [0, 0.1) is 0 Å². The van der Waals surface area contributed by atoms with Gasteiger partial charge in [0.25, 0.3) is 5.91 Å². The lowest BCUT2D eigenvalue weighted by Crippen LogP contribution is -2.37. The van der Waals surface area contributed by atoms with E-state index in [1.54, 1.807) is 12.1 Å². The maximum atomic E-state index is 13.0. The Balaban J connectivity index is 1.88. The minimum Gasteiger partial charge on any atom is -0.438 e. The highest BCUT2D eigenvalue weighted by Crippen LogP contribution is 2.34. The zero-order valence-electron chi connectivity index (χ0n) is 17.7. The van der Waals surface area contributed by atoms with E-state index in [0.29, 0.717) is 11.6 Å². The van der Waals surface area contributed by atoms with Crippen molar-refractivity contribution in [3.63, 3.8) is 0 Å². The Bertz CT molecular complexity index is 1020. The smallest absolute Gasteiger partial charge is 0.258 e. The Kier molecular flexibility index (Phi) is 7.75. The van der Waals surface area contributed by atoms with Crippen LogP contribution in [0.5, 0.6) is 11.6 Å². The molecule has 3 rings (SSSR count). The van der Waals surface area contributed by atoms with Crippen LogP contribution in [0.15, 0.2) is 48.0 Å². The van der Waals surface area contributed by atoms with Gasteiger partial charge in [-0.15, -0.1) is 0 Å². The molecular weight excluding hydrogens is 418 g/mol. The highest BCUT2D eigenvalue weighted by Gasteiger charge is 2.24. The van der Waals surface area contributed by atoms with Gasteiger partial charge in [0.1, 0.15) is 17.1 Å². The van der Waals surface area contributed by atoms with E-state index < -0.39 is 21.8 Å². The molecule has 0 aliphatic heterocycles. The van der Waals surface area contributed by atoms with Crippen molar-refractivity contribution in [2.75, 3.05) is 20.0 Å². The fourth-order valence-corrected chi connectivity index (χ4v) is 3.88. The second-order valence-corrected chi connectivity index (χ2v) is 9.47. The molecule has 1 atom stereocenters. The standard InChI is InChI=1S/C22H27N3O5S/c1-29-15-17(12-13-31(2,27)28)24-21(26)19-14-23-20(16-8-6-7-9-16)25-22(19)30-18-10-4-3-5-11-18/h3-5,10-14,16-17H,6-9,15H2,1-2H3,(H,24,26)/b13-12+/t17-/m1/s1. The molecule has 1 fully saturated rings. The van der Waals surface area contributed by atoms with Gasteiger partial charge in [-0.25, -0.2) is 13.4 Å². The number of rotatable bonds is 9. The van der Waals surface area contributed by atoms with Gasteiger partial charge in [-0.3, -0.25) is 4.79 Å². The van der Waals surface area contributed by atoms with Crippen molar-refractivity contribution < 1.29 is 22.7 Å². The van der Waals surface area contributed by atoms with E-state index in [2.05, 4.69) is 15.3 Å². The van der Waals surface area contributed by atoms with Crippen molar-refractivity contribution in [1.82, 2.24) is 15.3 Å². The van der Waals surface area contributed by atoms with E-state index in [1.165, 1.54) is 19.4 Å². The third-order valence-corrected chi connectivity index (χ3v) is 5.57. The first-order valence-electron chi connectivity index (χ1n) is 10.1. The first-order valence-corrected chi connectivity index (χ1v) is 12.1. The molecular formula is C22H27N3O5S. The monoisotopic (exact) mass is 445 g/mol. The quantitative estimate of drug-likeness (QED) is 0.631. The number of amides is 1. The Morgan fingerprint density at radius 3 is 2.61 bits per heavy atom. The number of para-hydroxylation sites is 1. The van der Waals surface area contributed by atoms with Crippen molar-refractivity contribution in [3.8, 4) is 11.6 Å². The summed E-state index contributed by atoms with van der Waals surface area (Å²) < 4.78 is 33.9. The van der Waals surface area contributed by atoms with Gasteiger partial charge < -0.3 is 14.8 Å². The van der Waals surface area contributed by atoms with Crippen molar-refractivity contribution >= 4 is 15.7 Å². The first kappa shape index (κ1) is 22.9. The molecule has 1 aliphatic carbocycles. The number of aromatic nitrogens is 2. The molecule has 166 valence electrons. The fraction of sp³-hybridized carbons (Fsp3) is 0.409. The normalized spacial score (nSPS) is 15.8. The number of methoxy groups -OCH3 is 1. The van der Waals surface area contributed by atoms with Crippen LogP contribution in [-0.2, 0) is 14.6 Å². The molecule has 8 nitrogen and oxygen atoms in total. The summed E-state index contributed by atoms with van der Waals surface area (Å²) >= 11 is 0. The number of carbonyl (C=O) groups excluding carboxylic acids is 1. The molecule has 0 radical (unpaired) electrons. The van der Waals surface area contributed by atoms with Crippen molar-refractivity contribution in [1.29, 1.82) is 0 Å². The SMILES string of the molecule is COC[C@@H](/C=C/S(C)(=O)=O)NC(=O)c1cnc(C2CCCC2)nc1Oc1ccccc1. The molecule has 2 aromatic rings.